The van der Waals surface area contributed by atoms with Gasteiger partial charge < -0.3 is 5.73 Å². The largest absolute Gasteiger partial charge is 0.400 e. The molecule has 0 saturated heterocycles. The fraction of sp³-hybridized carbons (Fsp3) is 0.385. The number of rotatable bonds is 3. The molecule has 1 aromatic carbocycles. The predicted octanol–water partition coefficient (Wildman–Crippen LogP) is 2.96. The number of nitrogens with two attached hydrogens (primary N) is 2. The molecule has 1 aliphatic rings. The molecule has 2 rings (SSSR count). The second-order valence-electron chi connectivity index (χ2n) is 4.63. The van der Waals surface area contributed by atoms with Crippen LogP contribution in [0.5, 0.6) is 0 Å². The molecule has 0 amide bonds. The second kappa shape index (κ2) is 4.86. The Balaban J connectivity index is 2.36. The van der Waals surface area contributed by atoms with Gasteiger partial charge in [-0.2, -0.15) is 0 Å². The Labute approximate surface area is 116 Å². The third-order valence-electron chi connectivity index (χ3n) is 3.15. The Hall–Kier alpha value is -0.750. The van der Waals surface area contributed by atoms with E-state index in [-0.39, 0.29) is 0 Å². The van der Waals surface area contributed by atoms with Crippen LogP contribution in [0.1, 0.15) is 24.0 Å². The highest BCUT2D eigenvalue weighted by Gasteiger charge is 2.27. The first kappa shape index (κ1) is 12.7. The minimum absolute atomic E-state index is 0.539. The van der Waals surface area contributed by atoms with Crippen LogP contribution < -0.4 is 16.6 Å². The summed E-state index contributed by atoms with van der Waals surface area (Å²) in [6.07, 6.45) is 2.39. The Bertz CT molecular complexity index is 443. The van der Waals surface area contributed by atoms with Crippen molar-refractivity contribution in [3.8, 4) is 0 Å². The van der Waals surface area contributed by atoms with Crippen LogP contribution in [-0.2, 0) is 0 Å². The van der Waals surface area contributed by atoms with Gasteiger partial charge in [0.1, 0.15) is 3.70 Å². The summed E-state index contributed by atoms with van der Waals surface area (Å²) in [5.74, 6) is 6.73. The summed E-state index contributed by atoms with van der Waals surface area (Å²) in [4.78, 5) is 0. The van der Waals surface area contributed by atoms with Crippen LogP contribution in [0, 0.1) is 19.8 Å². The average molecular weight is 343 g/mol. The lowest BCUT2D eigenvalue weighted by molar-refractivity contribution is 0.930. The van der Waals surface area contributed by atoms with E-state index >= 15 is 0 Å². The zero-order valence-corrected chi connectivity index (χ0v) is 12.4. The number of halogens is 1. The molecule has 0 atom stereocenters. The number of benzene rings is 1. The molecule has 0 bridgehead atoms. The summed E-state index contributed by atoms with van der Waals surface area (Å²) in [5.41, 5.74) is 10.4. The lowest BCUT2D eigenvalue weighted by atomic mass is 10.1. The topological polar surface area (TPSA) is 55.3 Å². The molecule has 1 aliphatic carbocycles. The zero-order chi connectivity index (χ0) is 12.6. The number of allylic oxidation sites excluding steroid dienone is 1. The van der Waals surface area contributed by atoms with Crippen molar-refractivity contribution < 1.29 is 0 Å². The van der Waals surface area contributed by atoms with E-state index in [1.165, 1.54) is 24.0 Å². The Morgan fingerprint density at radius 3 is 2.29 bits per heavy atom. The van der Waals surface area contributed by atoms with Gasteiger partial charge in [-0.15, -0.1) is 0 Å². The van der Waals surface area contributed by atoms with Crippen molar-refractivity contribution in [3.05, 3.63) is 38.7 Å². The van der Waals surface area contributed by atoms with E-state index in [0.717, 1.165) is 15.1 Å². The van der Waals surface area contributed by atoms with E-state index in [9.17, 15) is 0 Å². The summed E-state index contributed by atoms with van der Waals surface area (Å²) < 4.78 is 0.947. The molecule has 3 nitrogen and oxygen atoms in total. The highest BCUT2D eigenvalue weighted by atomic mass is 127. The predicted molar refractivity (Wildman–Crippen MR) is 80.5 cm³/mol. The average Bonchev–Trinajstić information content (AvgIpc) is 3.10. The maximum absolute atomic E-state index is 6.19. The van der Waals surface area contributed by atoms with E-state index in [2.05, 4.69) is 48.6 Å². The molecule has 4 heteroatoms. The smallest absolute Gasteiger partial charge is 0.114 e. The van der Waals surface area contributed by atoms with E-state index in [0.29, 0.717) is 5.92 Å². The first-order valence-corrected chi connectivity index (χ1v) is 6.86. The normalized spacial score (nSPS) is 16.7. The summed E-state index contributed by atoms with van der Waals surface area (Å²) in [6, 6.07) is 6.18. The SMILES string of the molecule is Cc1cccc(C)c1N(N)/C(I)=C(\N)C1CC1. The Morgan fingerprint density at radius 1 is 1.29 bits per heavy atom. The standard InChI is InChI=1S/C13H18IN3/c1-8-4-3-5-9(2)12(8)17(16)13(14)11(15)10-6-7-10/h3-5,10H,6-7,15-16H2,1-2H3/b13-11-. The molecule has 1 saturated carbocycles. The molecule has 92 valence electrons. The number of hydrogen-bond donors (Lipinski definition) is 2. The van der Waals surface area contributed by atoms with E-state index in [4.69, 9.17) is 11.6 Å². The number of para-hydroxylation sites is 1. The molecule has 17 heavy (non-hydrogen) atoms. The van der Waals surface area contributed by atoms with E-state index in [1.807, 2.05) is 6.07 Å². The first-order valence-electron chi connectivity index (χ1n) is 5.78. The fourth-order valence-corrected chi connectivity index (χ4v) is 2.67. The van der Waals surface area contributed by atoms with Gasteiger partial charge >= 0.3 is 0 Å². The monoisotopic (exact) mass is 343 g/mol. The molecule has 1 aromatic rings. The van der Waals surface area contributed by atoms with Crippen LogP contribution >= 0.6 is 22.6 Å². The summed E-state index contributed by atoms with van der Waals surface area (Å²) >= 11 is 2.24. The molecule has 0 aliphatic heterocycles. The van der Waals surface area contributed by atoms with Crippen molar-refractivity contribution in [2.24, 2.45) is 17.5 Å². The molecular weight excluding hydrogens is 325 g/mol. The Kier molecular flexibility index (Phi) is 3.63. The molecule has 4 N–H and O–H groups in total. The first-order chi connectivity index (χ1) is 8.02. The van der Waals surface area contributed by atoms with Crippen LogP contribution in [0.2, 0.25) is 0 Å². The van der Waals surface area contributed by atoms with Gasteiger partial charge in [0.25, 0.3) is 0 Å². The third-order valence-corrected chi connectivity index (χ3v) is 4.29. The minimum atomic E-state index is 0.539. The molecule has 0 spiro atoms. The van der Waals surface area contributed by atoms with Crippen molar-refractivity contribution in [2.45, 2.75) is 26.7 Å². The van der Waals surface area contributed by atoms with Gasteiger partial charge in [0.05, 0.1) is 5.69 Å². The molecule has 1 fully saturated rings. The van der Waals surface area contributed by atoms with Crippen LogP contribution in [0.3, 0.4) is 0 Å². The number of aryl methyl sites for hydroxylation is 2. The molecule has 0 heterocycles. The van der Waals surface area contributed by atoms with Crippen LogP contribution in [0.25, 0.3) is 0 Å². The minimum Gasteiger partial charge on any atom is -0.400 e. The van der Waals surface area contributed by atoms with Crippen molar-refractivity contribution in [2.75, 3.05) is 5.01 Å². The second-order valence-corrected chi connectivity index (χ2v) is 5.65. The highest BCUT2D eigenvalue weighted by molar-refractivity contribution is 14.1. The van der Waals surface area contributed by atoms with Crippen LogP contribution in [0.15, 0.2) is 27.6 Å². The van der Waals surface area contributed by atoms with Crippen molar-refractivity contribution in [1.29, 1.82) is 0 Å². The summed E-state index contributed by atoms with van der Waals surface area (Å²) in [5, 5.41) is 1.72. The maximum atomic E-state index is 6.19. The lowest BCUT2D eigenvalue weighted by Crippen LogP contribution is -2.31. The quantitative estimate of drug-likeness (QED) is 0.384. The highest BCUT2D eigenvalue weighted by Crippen LogP contribution is 2.38. The molecule has 0 unspecified atom stereocenters. The summed E-state index contributed by atoms with van der Waals surface area (Å²) in [7, 11) is 0. The van der Waals surface area contributed by atoms with Gasteiger partial charge in [0, 0.05) is 11.6 Å². The van der Waals surface area contributed by atoms with Gasteiger partial charge in [-0.3, -0.25) is 5.01 Å². The Morgan fingerprint density at radius 2 is 1.82 bits per heavy atom. The molecular formula is C13H18IN3. The van der Waals surface area contributed by atoms with Gasteiger partial charge in [-0.05, 0) is 60.4 Å². The van der Waals surface area contributed by atoms with Gasteiger partial charge in [-0.1, -0.05) is 18.2 Å². The summed E-state index contributed by atoms with van der Waals surface area (Å²) in [6.45, 7) is 4.14. The van der Waals surface area contributed by atoms with E-state index in [1.54, 1.807) is 5.01 Å². The maximum Gasteiger partial charge on any atom is 0.114 e. The van der Waals surface area contributed by atoms with Gasteiger partial charge in [-0.25, -0.2) is 5.84 Å². The van der Waals surface area contributed by atoms with Crippen LogP contribution in [-0.4, -0.2) is 0 Å². The molecule has 0 aromatic heterocycles. The molecule has 0 radical (unpaired) electrons. The fourth-order valence-electron chi connectivity index (χ4n) is 1.99. The van der Waals surface area contributed by atoms with Crippen LogP contribution in [0.4, 0.5) is 5.69 Å². The van der Waals surface area contributed by atoms with Crippen molar-refractivity contribution >= 4 is 28.3 Å². The lowest BCUT2D eigenvalue weighted by Gasteiger charge is -2.23. The van der Waals surface area contributed by atoms with Gasteiger partial charge in [0.2, 0.25) is 0 Å². The number of anilines is 1. The number of hydrazine groups is 1. The third kappa shape index (κ3) is 2.57. The van der Waals surface area contributed by atoms with E-state index < -0.39 is 0 Å². The zero-order valence-electron chi connectivity index (χ0n) is 10.2. The van der Waals surface area contributed by atoms with Crippen molar-refractivity contribution in [1.82, 2.24) is 0 Å². The number of nitrogens with zero attached hydrogens (tertiary/aromatic N) is 1. The van der Waals surface area contributed by atoms with Gasteiger partial charge in [0.15, 0.2) is 0 Å². The van der Waals surface area contributed by atoms with Crippen molar-refractivity contribution in [3.63, 3.8) is 0 Å². The number of hydrogen-bond acceptors (Lipinski definition) is 3.